The monoisotopic (exact) mass is 237 g/mol. The lowest BCUT2D eigenvalue weighted by Gasteiger charge is -2.22. The number of anilines is 1. The van der Waals surface area contributed by atoms with Crippen LogP contribution in [0.5, 0.6) is 0 Å². The van der Waals surface area contributed by atoms with Crippen LogP contribution in [0.15, 0.2) is 30.3 Å². The Labute approximate surface area is 102 Å². The van der Waals surface area contributed by atoms with Crippen LogP contribution in [0.4, 0.5) is 5.69 Å². The molecule has 0 saturated carbocycles. The van der Waals surface area contributed by atoms with E-state index in [-0.39, 0.29) is 19.2 Å². The average molecular weight is 237 g/mol. The van der Waals surface area contributed by atoms with Gasteiger partial charge in [-0.3, -0.25) is 9.69 Å². The van der Waals surface area contributed by atoms with Gasteiger partial charge in [0, 0.05) is 19.4 Å². The fourth-order valence-electron chi connectivity index (χ4n) is 1.40. The molecule has 1 aromatic rings. The molecular weight excluding hydrogens is 218 g/mol. The van der Waals surface area contributed by atoms with Crippen molar-refractivity contribution in [2.45, 2.75) is 13.3 Å². The molecule has 0 spiro atoms. The van der Waals surface area contributed by atoms with Gasteiger partial charge in [0.25, 0.3) is 5.91 Å². The van der Waals surface area contributed by atoms with E-state index in [0.717, 1.165) is 12.1 Å². The molecule has 0 N–H and O–H groups in total. The van der Waals surface area contributed by atoms with Crippen molar-refractivity contribution in [1.29, 1.82) is 0 Å². The number of para-hydroxylation sites is 1. The number of benzene rings is 1. The number of methoxy groups -OCH3 is 1. The van der Waals surface area contributed by atoms with Gasteiger partial charge >= 0.3 is 0 Å². The summed E-state index contributed by atoms with van der Waals surface area (Å²) in [5.74, 6) is -0.102. The number of carbonyl (C=O) groups excluding carboxylic acids is 1. The van der Waals surface area contributed by atoms with E-state index in [9.17, 15) is 4.79 Å². The van der Waals surface area contributed by atoms with Gasteiger partial charge in [-0.15, -0.1) is 0 Å². The highest BCUT2D eigenvalue weighted by atomic mass is 16.5. The minimum Gasteiger partial charge on any atom is -0.375 e. The van der Waals surface area contributed by atoms with Gasteiger partial charge in [0.1, 0.15) is 13.3 Å². The summed E-state index contributed by atoms with van der Waals surface area (Å²) in [4.78, 5) is 13.4. The standard InChI is InChI=1S/C13H19NO3/c1-3-9-17-11-14(13(15)10-16-2)12-7-5-4-6-8-12/h4-8H,3,9-11H2,1-2H3. The number of rotatable bonds is 7. The molecule has 0 aliphatic rings. The maximum absolute atomic E-state index is 11.9. The molecule has 0 aliphatic carbocycles. The Hall–Kier alpha value is -1.39. The molecule has 4 heteroatoms. The smallest absolute Gasteiger partial charge is 0.254 e. The van der Waals surface area contributed by atoms with Crippen molar-refractivity contribution in [2.75, 3.05) is 32.0 Å². The molecule has 0 fully saturated rings. The van der Waals surface area contributed by atoms with Gasteiger partial charge in [0.2, 0.25) is 0 Å². The third kappa shape index (κ3) is 4.54. The summed E-state index contributed by atoms with van der Waals surface area (Å²) in [6.45, 7) is 3.00. The summed E-state index contributed by atoms with van der Waals surface area (Å²) in [5, 5.41) is 0. The minimum atomic E-state index is -0.102. The maximum atomic E-state index is 11.9. The fourth-order valence-corrected chi connectivity index (χ4v) is 1.40. The second-order valence-electron chi connectivity index (χ2n) is 3.63. The van der Waals surface area contributed by atoms with E-state index in [2.05, 4.69) is 0 Å². The third-order valence-electron chi connectivity index (χ3n) is 2.21. The van der Waals surface area contributed by atoms with Crippen molar-refractivity contribution in [3.63, 3.8) is 0 Å². The topological polar surface area (TPSA) is 38.8 Å². The molecule has 17 heavy (non-hydrogen) atoms. The molecule has 0 atom stereocenters. The van der Waals surface area contributed by atoms with Crippen molar-refractivity contribution in [1.82, 2.24) is 0 Å². The highest BCUT2D eigenvalue weighted by Gasteiger charge is 2.14. The second kappa shape index (κ2) is 7.81. The SMILES string of the molecule is CCCOCN(C(=O)COC)c1ccccc1. The number of hydrogen-bond acceptors (Lipinski definition) is 3. The molecule has 1 amide bonds. The predicted octanol–water partition coefficient (Wildman–Crippen LogP) is 2.05. The van der Waals surface area contributed by atoms with Crippen LogP contribution >= 0.6 is 0 Å². The van der Waals surface area contributed by atoms with Crippen LogP contribution in [-0.4, -0.2) is 33.0 Å². The van der Waals surface area contributed by atoms with Crippen LogP contribution in [0.2, 0.25) is 0 Å². The van der Waals surface area contributed by atoms with Gasteiger partial charge in [0.15, 0.2) is 0 Å². The van der Waals surface area contributed by atoms with Crippen LogP contribution in [0, 0.1) is 0 Å². The number of amides is 1. The van der Waals surface area contributed by atoms with Gasteiger partial charge in [-0.1, -0.05) is 25.1 Å². The van der Waals surface area contributed by atoms with Crippen LogP contribution in [-0.2, 0) is 14.3 Å². The van der Waals surface area contributed by atoms with Gasteiger partial charge in [-0.05, 0) is 18.6 Å². The molecule has 0 bridgehead atoms. The molecule has 0 aliphatic heterocycles. The first kappa shape index (κ1) is 13.7. The molecule has 1 aromatic carbocycles. The summed E-state index contributed by atoms with van der Waals surface area (Å²) in [6, 6.07) is 9.45. The van der Waals surface area contributed by atoms with Crippen molar-refractivity contribution < 1.29 is 14.3 Å². The Kier molecular flexibility index (Phi) is 6.29. The van der Waals surface area contributed by atoms with Gasteiger partial charge < -0.3 is 9.47 Å². The zero-order valence-electron chi connectivity index (χ0n) is 10.4. The van der Waals surface area contributed by atoms with Crippen molar-refractivity contribution >= 4 is 11.6 Å². The Morgan fingerprint density at radius 2 is 2.00 bits per heavy atom. The predicted molar refractivity (Wildman–Crippen MR) is 66.9 cm³/mol. The van der Waals surface area contributed by atoms with Crippen LogP contribution in [0.1, 0.15) is 13.3 Å². The molecular formula is C13H19NO3. The molecule has 1 rings (SSSR count). The quantitative estimate of drug-likeness (QED) is 0.538. The fraction of sp³-hybridized carbons (Fsp3) is 0.462. The third-order valence-corrected chi connectivity index (χ3v) is 2.21. The van der Waals surface area contributed by atoms with E-state index in [1.807, 2.05) is 37.3 Å². The van der Waals surface area contributed by atoms with Crippen LogP contribution in [0.25, 0.3) is 0 Å². The largest absolute Gasteiger partial charge is 0.375 e. The minimum absolute atomic E-state index is 0.0599. The van der Waals surface area contributed by atoms with Crippen molar-refractivity contribution in [3.8, 4) is 0 Å². The Balaban J connectivity index is 2.68. The van der Waals surface area contributed by atoms with Crippen LogP contribution < -0.4 is 4.90 Å². The van der Waals surface area contributed by atoms with E-state index < -0.39 is 0 Å². The molecule has 0 saturated heterocycles. The maximum Gasteiger partial charge on any atom is 0.254 e. The molecule has 0 aromatic heterocycles. The summed E-state index contributed by atoms with van der Waals surface area (Å²) < 4.78 is 10.3. The normalized spacial score (nSPS) is 10.2. The molecule has 94 valence electrons. The highest BCUT2D eigenvalue weighted by molar-refractivity contribution is 5.94. The number of ether oxygens (including phenoxy) is 2. The highest BCUT2D eigenvalue weighted by Crippen LogP contribution is 2.13. The van der Waals surface area contributed by atoms with E-state index in [4.69, 9.17) is 9.47 Å². The first-order valence-corrected chi connectivity index (χ1v) is 5.71. The van der Waals surface area contributed by atoms with E-state index in [0.29, 0.717) is 6.61 Å². The lowest BCUT2D eigenvalue weighted by Crippen LogP contribution is -2.35. The molecule has 0 radical (unpaired) electrons. The van der Waals surface area contributed by atoms with Crippen molar-refractivity contribution in [3.05, 3.63) is 30.3 Å². The zero-order valence-corrected chi connectivity index (χ0v) is 10.4. The first-order chi connectivity index (χ1) is 8.29. The lowest BCUT2D eigenvalue weighted by molar-refractivity contribution is -0.123. The summed E-state index contributed by atoms with van der Waals surface area (Å²) in [7, 11) is 1.51. The number of nitrogens with zero attached hydrogens (tertiary/aromatic N) is 1. The summed E-state index contributed by atoms with van der Waals surface area (Å²) in [5.41, 5.74) is 0.825. The summed E-state index contributed by atoms with van der Waals surface area (Å²) >= 11 is 0. The second-order valence-corrected chi connectivity index (χ2v) is 3.63. The summed E-state index contributed by atoms with van der Waals surface area (Å²) in [6.07, 6.45) is 0.932. The average Bonchev–Trinajstić information content (AvgIpc) is 2.36. The molecule has 0 heterocycles. The van der Waals surface area contributed by atoms with E-state index in [1.54, 1.807) is 4.90 Å². The Bertz CT molecular complexity index is 327. The van der Waals surface area contributed by atoms with E-state index >= 15 is 0 Å². The zero-order chi connectivity index (χ0) is 12.5. The molecule has 0 unspecified atom stereocenters. The number of carbonyl (C=O) groups is 1. The van der Waals surface area contributed by atoms with E-state index in [1.165, 1.54) is 7.11 Å². The van der Waals surface area contributed by atoms with Gasteiger partial charge in [0.05, 0.1) is 0 Å². The van der Waals surface area contributed by atoms with Crippen molar-refractivity contribution in [2.24, 2.45) is 0 Å². The lowest BCUT2D eigenvalue weighted by atomic mass is 10.3. The van der Waals surface area contributed by atoms with Gasteiger partial charge in [-0.25, -0.2) is 0 Å². The van der Waals surface area contributed by atoms with Gasteiger partial charge in [-0.2, -0.15) is 0 Å². The molecule has 4 nitrogen and oxygen atoms in total. The Morgan fingerprint density at radius 1 is 1.29 bits per heavy atom. The Morgan fingerprint density at radius 3 is 2.59 bits per heavy atom. The first-order valence-electron chi connectivity index (χ1n) is 5.71. The van der Waals surface area contributed by atoms with Crippen LogP contribution in [0.3, 0.4) is 0 Å². The number of hydrogen-bond donors (Lipinski definition) is 0.